The number of sulfonamides is 1. The smallest absolute Gasteiger partial charge is 0.243 e. The van der Waals surface area contributed by atoms with Gasteiger partial charge in [-0.1, -0.05) is 25.0 Å². The van der Waals surface area contributed by atoms with Crippen molar-refractivity contribution in [1.82, 2.24) is 4.31 Å². The van der Waals surface area contributed by atoms with Crippen LogP contribution < -0.4 is 5.73 Å². The Morgan fingerprint density at radius 2 is 2.05 bits per heavy atom. The van der Waals surface area contributed by atoms with Crippen molar-refractivity contribution in [3.8, 4) is 0 Å². The molecule has 6 heteroatoms. The van der Waals surface area contributed by atoms with E-state index in [0.717, 1.165) is 18.4 Å². The van der Waals surface area contributed by atoms with Gasteiger partial charge in [0.1, 0.15) is 0 Å². The van der Waals surface area contributed by atoms with Crippen LogP contribution in [0, 0.1) is 0 Å². The Morgan fingerprint density at radius 1 is 1.35 bits per heavy atom. The molecule has 0 amide bonds. The minimum atomic E-state index is -3.59. The van der Waals surface area contributed by atoms with Gasteiger partial charge in [0.2, 0.25) is 10.0 Å². The van der Waals surface area contributed by atoms with Gasteiger partial charge in [0, 0.05) is 13.6 Å². The molecule has 1 aromatic rings. The van der Waals surface area contributed by atoms with E-state index in [1.54, 1.807) is 31.3 Å². The van der Waals surface area contributed by atoms with Crippen LogP contribution in [0.1, 0.15) is 31.2 Å². The van der Waals surface area contributed by atoms with Gasteiger partial charge in [0.05, 0.1) is 17.0 Å². The van der Waals surface area contributed by atoms with Crippen LogP contribution in [-0.2, 0) is 16.6 Å². The SMILES string of the molecule is CN(C1CCCCC1O)S(=O)(=O)c1cccc(CN)c1. The van der Waals surface area contributed by atoms with E-state index in [1.165, 1.54) is 4.31 Å². The van der Waals surface area contributed by atoms with Gasteiger partial charge >= 0.3 is 0 Å². The van der Waals surface area contributed by atoms with Gasteiger partial charge in [-0.25, -0.2) is 8.42 Å². The molecule has 2 atom stereocenters. The third-order valence-corrected chi connectivity index (χ3v) is 5.85. The normalized spacial score (nSPS) is 24.0. The second-order valence-electron chi connectivity index (χ2n) is 5.29. The molecular formula is C14H22N2O3S. The van der Waals surface area contributed by atoms with Crippen LogP contribution in [0.4, 0.5) is 0 Å². The zero-order valence-electron chi connectivity index (χ0n) is 11.7. The van der Waals surface area contributed by atoms with E-state index in [0.29, 0.717) is 19.4 Å². The molecule has 0 bridgehead atoms. The van der Waals surface area contributed by atoms with Crippen molar-refractivity contribution in [3.63, 3.8) is 0 Å². The van der Waals surface area contributed by atoms with Crippen molar-refractivity contribution in [2.24, 2.45) is 5.73 Å². The predicted molar refractivity (Wildman–Crippen MR) is 77.5 cm³/mol. The van der Waals surface area contributed by atoms with Gasteiger partial charge < -0.3 is 10.8 Å². The molecule has 0 heterocycles. The molecule has 2 unspecified atom stereocenters. The fourth-order valence-corrected chi connectivity index (χ4v) is 4.18. The highest BCUT2D eigenvalue weighted by atomic mass is 32.2. The number of nitrogens with zero attached hydrogens (tertiary/aromatic N) is 1. The summed E-state index contributed by atoms with van der Waals surface area (Å²) in [6.07, 6.45) is 2.68. The molecule has 112 valence electrons. The van der Waals surface area contributed by atoms with Gasteiger partial charge in [-0.15, -0.1) is 0 Å². The predicted octanol–water partition coefficient (Wildman–Crippen LogP) is 1.07. The first kappa shape index (κ1) is 15.4. The summed E-state index contributed by atoms with van der Waals surface area (Å²) in [4.78, 5) is 0.237. The van der Waals surface area contributed by atoms with Crippen LogP contribution in [0.3, 0.4) is 0 Å². The first-order valence-electron chi connectivity index (χ1n) is 6.92. The second kappa shape index (κ2) is 6.22. The van der Waals surface area contributed by atoms with Crippen LogP contribution >= 0.6 is 0 Å². The van der Waals surface area contributed by atoms with E-state index < -0.39 is 16.1 Å². The summed E-state index contributed by atoms with van der Waals surface area (Å²) >= 11 is 0. The largest absolute Gasteiger partial charge is 0.391 e. The summed E-state index contributed by atoms with van der Waals surface area (Å²) in [6, 6.07) is 6.32. The molecule has 0 aromatic heterocycles. The number of benzene rings is 1. The van der Waals surface area contributed by atoms with Crippen molar-refractivity contribution >= 4 is 10.0 Å². The van der Waals surface area contributed by atoms with E-state index in [4.69, 9.17) is 5.73 Å². The van der Waals surface area contributed by atoms with Gasteiger partial charge in [-0.3, -0.25) is 0 Å². The monoisotopic (exact) mass is 298 g/mol. The summed E-state index contributed by atoms with van der Waals surface area (Å²) < 4.78 is 26.6. The Bertz CT molecular complexity index is 559. The van der Waals surface area contributed by atoms with Crippen molar-refractivity contribution in [1.29, 1.82) is 0 Å². The lowest BCUT2D eigenvalue weighted by atomic mass is 9.93. The minimum Gasteiger partial charge on any atom is -0.391 e. The molecule has 0 aliphatic heterocycles. The molecule has 20 heavy (non-hydrogen) atoms. The lowest BCUT2D eigenvalue weighted by molar-refractivity contribution is 0.0638. The third kappa shape index (κ3) is 3.03. The minimum absolute atomic E-state index is 0.237. The Kier molecular flexibility index (Phi) is 4.80. The number of hydrogen-bond donors (Lipinski definition) is 2. The van der Waals surface area contributed by atoms with Gasteiger partial charge in [0.25, 0.3) is 0 Å². The Balaban J connectivity index is 2.28. The van der Waals surface area contributed by atoms with Crippen molar-refractivity contribution in [2.45, 2.75) is 49.3 Å². The highest BCUT2D eigenvalue weighted by Crippen LogP contribution is 2.27. The highest BCUT2D eigenvalue weighted by molar-refractivity contribution is 7.89. The van der Waals surface area contributed by atoms with Crippen LogP contribution in [0.5, 0.6) is 0 Å². The van der Waals surface area contributed by atoms with E-state index in [2.05, 4.69) is 0 Å². The highest BCUT2D eigenvalue weighted by Gasteiger charge is 2.34. The molecule has 3 N–H and O–H groups in total. The van der Waals surface area contributed by atoms with Crippen LogP contribution in [0.15, 0.2) is 29.2 Å². The standard InChI is InChI=1S/C14H22N2O3S/c1-16(13-7-2-3-8-14(13)17)20(18,19)12-6-4-5-11(9-12)10-15/h4-6,9,13-14,17H,2-3,7-8,10,15H2,1H3. The van der Waals surface area contributed by atoms with Crippen LogP contribution in [-0.4, -0.2) is 37.0 Å². The average molecular weight is 298 g/mol. The summed E-state index contributed by atoms with van der Waals surface area (Å²) in [5, 5.41) is 10.0. The number of aliphatic hydroxyl groups excluding tert-OH is 1. The van der Waals surface area contributed by atoms with E-state index in [1.807, 2.05) is 0 Å². The number of aliphatic hydroxyl groups is 1. The number of rotatable bonds is 4. The summed E-state index contributed by atoms with van der Waals surface area (Å²) in [5.74, 6) is 0. The summed E-state index contributed by atoms with van der Waals surface area (Å²) in [7, 11) is -2.04. The fraction of sp³-hybridized carbons (Fsp3) is 0.571. The van der Waals surface area contributed by atoms with E-state index >= 15 is 0 Å². The quantitative estimate of drug-likeness (QED) is 0.871. The molecule has 1 aliphatic carbocycles. The molecule has 1 saturated carbocycles. The molecule has 0 saturated heterocycles. The lowest BCUT2D eigenvalue weighted by Gasteiger charge is -2.34. The maximum atomic E-state index is 12.6. The zero-order valence-corrected chi connectivity index (χ0v) is 12.5. The summed E-state index contributed by atoms with van der Waals surface area (Å²) in [6.45, 7) is 0.305. The molecule has 1 aliphatic rings. The molecule has 2 rings (SSSR count). The molecular weight excluding hydrogens is 276 g/mol. The Labute approximate surface area is 120 Å². The Hall–Kier alpha value is -0.950. The number of nitrogens with two attached hydrogens (primary N) is 1. The Morgan fingerprint density at radius 3 is 2.70 bits per heavy atom. The lowest BCUT2D eigenvalue weighted by Crippen LogP contribution is -2.46. The van der Waals surface area contributed by atoms with Crippen molar-refractivity contribution < 1.29 is 13.5 Å². The first-order valence-corrected chi connectivity index (χ1v) is 8.36. The maximum absolute atomic E-state index is 12.6. The molecule has 0 spiro atoms. The first-order chi connectivity index (χ1) is 9.46. The number of likely N-dealkylation sites (N-methyl/N-ethyl adjacent to an activating group) is 1. The molecule has 1 fully saturated rings. The van der Waals surface area contributed by atoms with Crippen molar-refractivity contribution in [2.75, 3.05) is 7.05 Å². The topological polar surface area (TPSA) is 83.6 Å². The fourth-order valence-electron chi connectivity index (χ4n) is 2.69. The van der Waals surface area contributed by atoms with Crippen molar-refractivity contribution in [3.05, 3.63) is 29.8 Å². The van der Waals surface area contributed by atoms with E-state index in [9.17, 15) is 13.5 Å². The number of hydrogen-bond acceptors (Lipinski definition) is 4. The maximum Gasteiger partial charge on any atom is 0.243 e. The second-order valence-corrected chi connectivity index (χ2v) is 7.29. The average Bonchev–Trinajstić information content (AvgIpc) is 2.47. The van der Waals surface area contributed by atoms with Crippen LogP contribution in [0.25, 0.3) is 0 Å². The zero-order chi connectivity index (χ0) is 14.8. The van der Waals surface area contributed by atoms with Gasteiger partial charge in [-0.05, 0) is 30.5 Å². The molecule has 1 aromatic carbocycles. The molecule has 0 radical (unpaired) electrons. The van der Waals surface area contributed by atoms with Gasteiger partial charge in [0.15, 0.2) is 0 Å². The molecule has 5 nitrogen and oxygen atoms in total. The van der Waals surface area contributed by atoms with E-state index in [-0.39, 0.29) is 10.9 Å². The van der Waals surface area contributed by atoms with Crippen LogP contribution in [0.2, 0.25) is 0 Å². The summed E-state index contributed by atoms with van der Waals surface area (Å²) in [5.41, 5.74) is 6.34. The van der Waals surface area contributed by atoms with Gasteiger partial charge in [-0.2, -0.15) is 4.31 Å². The third-order valence-electron chi connectivity index (χ3n) is 3.97.